The Hall–Kier alpha value is -1.67. The predicted molar refractivity (Wildman–Crippen MR) is 76.0 cm³/mol. The third kappa shape index (κ3) is 2.77. The average molecular weight is 262 g/mol. The Morgan fingerprint density at radius 3 is 2.56 bits per heavy atom. The van der Waals surface area contributed by atoms with Crippen molar-refractivity contribution < 1.29 is 4.29 Å². The van der Waals surface area contributed by atoms with Gasteiger partial charge in [-0.25, -0.2) is 0 Å². The third-order valence-corrected chi connectivity index (χ3v) is 3.21. The van der Waals surface area contributed by atoms with E-state index in [2.05, 4.69) is 13.0 Å². The van der Waals surface area contributed by atoms with E-state index in [-0.39, 0.29) is 0 Å². The van der Waals surface area contributed by atoms with Gasteiger partial charge in [0, 0.05) is 17.7 Å². The van der Waals surface area contributed by atoms with E-state index in [4.69, 9.17) is 21.9 Å². The molecule has 0 amide bonds. The van der Waals surface area contributed by atoms with Gasteiger partial charge in [-0.1, -0.05) is 31.2 Å². The number of aryl methyl sites for hydroxylation is 1. The molecule has 0 heterocycles. The molecule has 0 unspecified atom stereocenters. The second-order valence-electron chi connectivity index (χ2n) is 4.24. The van der Waals surface area contributed by atoms with E-state index >= 15 is 0 Å². The molecule has 0 radical (unpaired) electrons. The quantitative estimate of drug-likeness (QED) is 0.846. The second-order valence-corrected chi connectivity index (χ2v) is 4.40. The fourth-order valence-electron chi connectivity index (χ4n) is 2.08. The SMILES string of the molecule is CCc1cc(N)ccc1Cc1ccccc1OCl. The van der Waals surface area contributed by atoms with Gasteiger partial charge in [0.15, 0.2) is 0 Å². The van der Waals surface area contributed by atoms with E-state index in [1.165, 1.54) is 11.1 Å². The number of hydrogen-bond acceptors (Lipinski definition) is 2. The van der Waals surface area contributed by atoms with Gasteiger partial charge in [0.2, 0.25) is 0 Å². The van der Waals surface area contributed by atoms with Crippen molar-refractivity contribution in [3.8, 4) is 5.75 Å². The Morgan fingerprint density at radius 1 is 1.06 bits per heavy atom. The first-order valence-corrected chi connectivity index (χ1v) is 6.29. The standard InChI is InChI=1S/C15H16ClNO/c1-2-11-10-14(17)8-7-12(11)9-13-5-3-4-6-15(13)18-16/h3-8,10H,2,9,17H2,1H3. The Kier molecular flexibility index (Phi) is 4.11. The zero-order valence-corrected chi connectivity index (χ0v) is 11.1. The number of benzene rings is 2. The highest BCUT2D eigenvalue weighted by atomic mass is 35.5. The van der Waals surface area contributed by atoms with Crippen molar-refractivity contribution in [3.63, 3.8) is 0 Å². The highest BCUT2D eigenvalue weighted by Gasteiger charge is 2.07. The summed E-state index contributed by atoms with van der Waals surface area (Å²) < 4.78 is 4.86. The topological polar surface area (TPSA) is 35.2 Å². The van der Waals surface area contributed by atoms with E-state index in [0.717, 1.165) is 24.1 Å². The minimum absolute atomic E-state index is 0.707. The lowest BCUT2D eigenvalue weighted by Gasteiger charge is -2.11. The molecule has 2 aromatic carbocycles. The van der Waals surface area contributed by atoms with Gasteiger partial charge in [0.25, 0.3) is 0 Å². The van der Waals surface area contributed by atoms with E-state index in [9.17, 15) is 0 Å². The van der Waals surface area contributed by atoms with Crippen LogP contribution in [0.4, 0.5) is 5.69 Å². The van der Waals surface area contributed by atoms with Crippen molar-refractivity contribution in [3.05, 3.63) is 59.2 Å². The molecule has 0 saturated heterocycles. The lowest BCUT2D eigenvalue weighted by Crippen LogP contribution is -1.98. The first-order chi connectivity index (χ1) is 8.74. The van der Waals surface area contributed by atoms with Gasteiger partial charge in [-0.2, -0.15) is 0 Å². The molecule has 3 heteroatoms. The minimum Gasteiger partial charge on any atom is -0.399 e. The van der Waals surface area contributed by atoms with Gasteiger partial charge in [-0.3, -0.25) is 0 Å². The van der Waals surface area contributed by atoms with Crippen LogP contribution in [0.5, 0.6) is 5.75 Å². The maximum atomic E-state index is 5.81. The highest BCUT2D eigenvalue weighted by Crippen LogP contribution is 2.25. The molecule has 0 aliphatic heterocycles. The Labute approximate surface area is 113 Å². The van der Waals surface area contributed by atoms with E-state index in [0.29, 0.717) is 5.75 Å². The van der Waals surface area contributed by atoms with Crippen LogP contribution in [-0.4, -0.2) is 0 Å². The second kappa shape index (κ2) is 5.78. The summed E-state index contributed by atoms with van der Waals surface area (Å²) in [4.78, 5) is 0. The molecule has 2 aromatic rings. The average Bonchev–Trinajstić information content (AvgIpc) is 2.41. The van der Waals surface area contributed by atoms with Crippen molar-refractivity contribution in [1.82, 2.24) is 0 Å². The summed E-state index contributed by atoms with van der Waals surface area (Å²) in [7, 11) is 0. The summed E-state index contributed by atoms with van der Waals surface area (Å²) in [6.45, 7) is 2.13. The van der Waals surface area contributed by atoms with Crippen molar-refractivity contribution in [2.75, 3.05) is 5.73 Å². The highest BCUT2D eigenvalue weighted by molar-refractivity contribution is 6.09. The van der Waals surface area contributed by atoms with Crippen LogP contribution >= 0.6 is 11.9 Å². The van der Waals surface area contributed by atoms with Crippen LogP contribution < -0.4 is 10.0 Å². The Balaban J connectivity index is 2.33. The molecule has 0 atom stereocenters. The van der Waals surface area contributed by atoms with Crippen LogP contribution in [0.2, 0.25) is 0 Å². The summed E-state index contributed by atoms with van der Waals surface area (Å²) in [5.74, 6) is 0.707. The molecule has 0 aliphatic rings. The van der Waals surface area contributed by atoms with Gasteiger partial charge < -0.3 is 10.0 Å². The molecular formula is C15H16ClNO. The number of para-hydroxylation sites is 1. The molecule has 0 saturated carbocycles. The van der Waals surface area contributed by atoms with Crippen LogP contribution in [0.25, 0.3) is 0 Å². The van der Waals surface area contributed by atoms with Crippen LogP contribution in [0, 0.1) is 0 Å². The van der Waals surface area contributed by atoms with Gasteiger partial charge in [-0.05, 0) is 35.7 Å². The number of rotatable bonds is 4. The number of nitrogens with two attached hydrogens (primary N) is 1. The molecule has 0 bridgehead atoms. The number of anilines is 1. The first-order valence-electron chi connectivity index (χ1n) is 5.98. The molecule has 2 nitrogen and oxygen atoms in total. The fraction of sp³-hybridized carbons (Fsp3) is 0.200. The fourth-order valence-corrected chi connectivity index (χ4v) is 2.23. The maximum Gasteiger partial charge on any atom is 0.149 e. The van der Waals surface area contributed by atoms with Crippen LogP contribution in [0.3, 0.4) is 0 Å². The van der Waals surface area contributed by atoms with Crippen molar-refractivity contribution in [2.45, 2.75) is 19.8 Å². The van der Waals surface area contributed by atoms with E-state index < -0.39 is 0 Å². The lowest BCUT2D eigenvalue weighted by atomic mass is 9.97. The molecule has 0 aromatic heterocycles. The molecule has 18 heavy (non-hydrogen) atoms. The van der Waals surface area contributed by atoms with E-state index in [1.807, 2.05) is 36.4 Å². The molecular weight excluding hydrogens is 246 g/mol. The zero-order chi connectivity index (χ0) is 13.0. The zero-order valence-electron chi connectivity index (χ0n) is 10.3. The van der Waals surface area contributed by atoms with Gasteiger partial charge in [0.05, 0.1) is 0 Å². The van der Waals surface area contributed by atoms with E-state index in [1.54, 1.807) is 0 Å². The van der Waals surface area contributed by atoms with Crippen molar-refractivity contribution >= 4 is 17.6 Å². The van der Waals surface area contributed by atoms with Crippen LogP contribution in [0.15, 0.2) is 42.5 Å². The smallest absolute Gasteiger partial charge is 0.149 e. The summed E-state index contributed by atoms with van der Waals surface area (Å²) in [6, 6.07) is 13.8. The molecule has 2 rings (SSSR count). The molecule has 94 valence electrons. The van der Waals surface area contributed by atoms with Crippen LogP contribution in [-0.2, 0) is 12.8 Å². The van der Waals surface area contributed by atoms with Gasteiger partial charge in [0.1, 0.15) is 17.6 Å². The predicted octanol–water partition coefficient (Wildman–Crippen LogP) is 3.95. The number of nitrogen functional groups attached to an aromatic ring is 1. The summed E-state index contributed by atoms with van der Waals surface area (Å²) in [6.07, 6.45) is 1.76. The monoisotopic (exact) mass is 261 g/mol. The number of halogens is 1. The molecule has 0 aliphatic carbocycles. The number of hydrogen-bond donors (Lipinski definition) is 1. The normalized spacial score (nSPS) is 10.3. The third-order valence-electron chi connectivity index (χ3n) is 3.05. The largest absolute Gasteiger partial charge is 0.399 e. The summed E-state index contributed by atoms with van der Waals surface area (Å²) >= 11 is 5.48. The van der Waals surface area contributed by atoms with Crippen molar-refractivity contribution in [2.24, 2.45) is 0 Å². The minimum atomic E-state index is 0.707. The van der Waals surface area contributed by atoms with Crippen LogP contribution in [0.1, 0.15) is 23.6 Å². The summed E-state index contributed by atoms with van der Waals surface area (Å²) in [5.41, 5.74) is 10.2. The molecule has 0 fully saturated rings. The Morgan fingerprint density at radius 2 is 1.83 bits per heavy atom. The molecule has 2 N–H and O–H groups in total. The van der Waals surface area contributed by atoms with Crippen molar-refractivity contribution in [1.29, 1.82) is 0 Å². The van der Waals surface area contributed by atoms with Gasteiger partial charge in [-0.15, -0.1) is 0 Å². The van der Waals surface area contributed by atoms with Gasteiger partial charge >= 0.3 is 0 Å². The Bertz CT molecular complexity index is 540. The maximum absolute atomic E-state index is 5.81. The molecule has 0 spiro atoms. The first kappa shape index (κ1) is 12.8. The summed E-state index contributed by atoms with van der Waals surface area (Å²) in [5, 5.41) is 0. The lowest BCUT2D eigenvalue weighted by molar-refractivity contribution is 0.610.